The third kappa shape index (κ3) is 3.46. The average Bonchev–Trinajstić information content (AvgIpc) is 3.02. The minimum Gasteiger partial charge on any atom is -0.394 e. The maximum atomic E-state index is 12.7. The molecule has 0 bridgehead atoms. The van der Waals surface area contributed by atoms with E-state index in [1.54, 1.807) is 10.9 Å². The van der Waals surface area contributed by atoms with Crippen molar-refractivity contribution in [3.05, 3.63) is 83.2 Å². The molecule has 3 aromatic rings. The molecule has 25 heavy (non-hydrogen) atoms. The van der Waals surface area contributed by atoms with Crippen LogP contribution < -0.4 is 5.32 Å². The lowest BCUT2D eigenvalue weighted by Gasteiger charge is -2.16. The maximum absolute atomic E-state index is 12.7. The lowest BCUT2D eigenvalue weighted by molar-refractivity contribution is 0.0915. The molecule has 0 spiro atoms. The summed E-state index contributed by atoms with van der Waals surface area (Å²) in [6.07, 6.45) is 1.57. The molecule has 3 rings (SSSR count). The van der Waals surface area contributed by atoms with Gasteiger partial charge in [-0.25, -0.2) is 4.68 Å². The molecule has 5 nitrogen and oxygen atoms in total. The van der Waals surface area contributed by atoms with Gasteiger partial charge in [0, 0.05) is 0 Å². The zero-order valence-electron chi connectivity index (χ0n) is 14.3. The van der Waals surface area contributed by atoms with Crippen LogP contribution in [-0.4, -0.2) is 27.4 Å². The standard InChI is InChI=1S/C20H21N3O2/c1-14-8-6-7-11-19(14)23-15(2)17(12-21-23)20(25)22-18(13-24)16-9-4-3-5-10-16/h3-12,18,24H,13H2,1-2H3,(H,22,25). The molecule has 0 radical (unpaired) electrons. The van der Waals surface area contributed by atoms with Crippen LogP contribution in [0.2, 0.25) is 0 Å². The van der Waals surface area contributed by atoms with Gasteiger partial charge in [-0.3, -0.25) is 4.79 Å². The Morgan fingerprint density at radius 2 is 1.80 bits per heavy atom. The van der Waals surface area contributed by atoms with Crippen LogP contribution in [0.4, 0.5) is 0 Å². The highest BCUT2D eigenvalue weighted by Gasteiger charge is 2.19. The van der Waals surface area contributed by atoms with Crippen LogP contribution in [0.3, 0.4) is 0 Å². The SMILES string of the molecule is Cc1ccccc1-n1ncc(C(=O)NC(CO)c2ccccc2)c1C. The summed E-state index contributed by atoms with van der Waals surface area (Å²) in [6, 6.07) is 16.9. The molecule has 0 fully saturated rings. The van der Waals surface area contributed by atoms with E-state index in [4.69, 9.17) is 0 Å². The van der Waals surface area contributed by atoms with Gasteiger partial charge in [0.1, 0.15) is 0 Å². The first-order chi connectivity index (χ1) is 12.1. The molecule has 0 saturated heterocycles. The Balaban J connectivity index is 1.85. The topological polar surface area (TPSA) is 67.2 Å². The van der Waals surface area contributed by atoms with Crippen molar-refractivity contribution in [2.75, 3.05) is 6.61 Å². The van der Waals surface area contributed by atoms with Crippen LogP contribution in [0.25, 0.3) is 5.69 Å². The largest absolute Gasteiger partial charge is 0.394 e. The van der Waals surface area contributed by atoms with Crippen LogP contribution >= 0.6 is 0 Å². The van der Waals surface area contributed by atoms with E-state index in [1.807, 2.05) is 68.4 Å². The van der Waals surface area contributed by atoms with E-state index in [2.05, 4.69) is 10.4 Å². The molecule has 0 aliphatic heterocycles. The molecule has 0 aliphatic carbocycles. The van der Waals surface area contributed by atoms with Crippen molar-refractivity contribution in [3.8, 4) is 5.69 Å². The number of aromatic nitrogens is 2. The summed E-state index contributed by atoms with van der Waals surface area (Å²) in [4.78, 5) is 12.7. The molecule has 0 aliphatic rings. The highest BCUT2D eigenvalue weighted by atomic mass is 16.3. The predicted octanol–water partition coefficient (Wildman–Crippen LogP) is 2.95. The Bertz CT molecular complexity index is 872. The van der Waals surface area contributed by atoms with E-state index < -0.39 is 6.04 Å². The van der Waals surface area contributed by atoms with Crippen molar-refractivity contribution in [3.63, 3.8) is 0 Å². The van der Waals surface area contributed by atoms with Crippen molar-refractivity contribution >= 4 is 5.91 Å². The summed E-state index contributed by atoms with van der Waals surface area (Å²) < 4.78 is 1.76. The molecule has 1 unspecified atom stereocenters. The number of hydrogen-bond acceptors (Lipinski definition) is 3. The minimum atomic E-state index is -0.449. The van der Waals surface area contributed by atoms with Gasteiger partial charge in [-0.05, 0) is 31.0 Å². The van der Waals surface area contributed by atoms with Crippen LogP contribution in [0.5, 0.6) is 0 Å². The van der Waals surface area contributed by atoms with E-state index in [0.717, 1.165) is 22.5 Å². The molecule has 2 N–H and O–H groups in total. The zero-order valence-corrected chi connectivity index (χ0v) is 14.3. The molecule has 0 saturated carbocycles. The fourth-order valence-corrected chi connectivity index (χ4v) is 2.83. The summed E-state index contributed by atoms with van der Waals surface area (Å²) >= 11 is 0. The van der Waals surface area contributed by atoms with Gasteiger partial charge in [0.15, 0.2) is 0 Å². The van der Waals surface area contributed by atoms with Crippen molar-refractivity contribution in [2.24, 2.45) is 0 Å². The monoisotopic (exact) mass is 335 g/mol. The number of aliphatic hydroxyl groups is 1. The summed E-state index contributed by atoms with van der Waals surface area (Å²) in [5, 5.41) is 16.9. The first-order valence-electron chi connectivity index (χ1n) is 8.19. The highest BCUT2D eigenvalue weighted by Crippen LogP contribution is 2.19. The fourth-order valence-electron chi connectivity index (χ4n) is 2.83. The van der Waals surface area contributed by atoms with Crippen LogP contribution in [-0.2, 0) is 0 Å². The van der Waals surface area contributed by atoms with Gasteiger partial charge in [0.2, 0.25) is 0 Å². The Kier molecular flexibility index (Phi) is 4.95. The summed E-state index contributed by atoms with van der Waals surface area (Å²) in [5.74, 6) is -0.250. The quantitative estimate of drug-likeness (QED) is 0.753. The second kappa shape index (κ2) is 7.32. The third-order valence-electron chi connectivity index (χ3n) is 4.29. The molecule has 128 valence electrons. The molecule has 1 atom stereocenters. The van der Waals surface area contributed by atoms with Gasteiger partial charge in [0.05, 0.1) is 35.8 Å². The van der Waals surface area contributed by atoms with Gasteiger partial charge in [-0.2, -0.15) is 5.10 Å². The average molecular weight is 335 g/mol. The number of carbonyl (C=O) groups excluding carboxylic acids is 1. The highest BCUT2D eigenvalue weighted by molar-refractivity contribution is 5.95. The van der Waals surface area contributed by atoms with Crippen LogP contribution in [0.15, 0.2) is 60.8 Å². The molecule has 1 aromatic heterocycles. The van der Waals surface area contributed by atoms with Gasteiger partial charge in [0.25, 0.3) is 5.91 Å². The molecule has 5 heteroatoms. The number of hydrogen-bond donors (Lipinski definition) is 2. The van der Waals surface area contributed by atoms with E-state index in [1.165, 1.54) is 0 Å². The smallest absolute Gasteiger partial charge is 0.255 e. The molecule has 2 aromatic carbocycles. The first kappa shape index (κ1) is 16.9. The Morgan fingerprint density at radius 1 is 1.12 bits per heavy atom. The summed E-state index contributed by atoms with van der Waals surface area (Å²) in [7, 11) is 0. The predicted molar refractivity (Wildman–Crippen MR) is 96.8 cm³/mol. The number of para-hydroxylation sites is 1. The van der Waals surface area contributed by atoms with Gasteiger partial charge >= 0.3 is 0 Å². The van der Waals surface area contributed by atoms with Gasteiger partial charge < -0.3 is 10.4 Å². The van der Waals surface area contributed by atoms with Crippen molar-refractivity contribution in [1.29, 1.82) is 0 Å². The molecular weight excluding hydrogens is 314 g/mol. The Morgan fingerprint density at radius 3 is 2.48 bits per heavy atom. The van der Waals surface area contributed by atoms with E-state index in [9.17, 15) is 9.90 Å². The Labute approximate surface area is 146 Å². The van der Waals surface area contributed by atoms with Crippen molar-refractivity contribution in [1.82, 2.24) is 15.1 Å². The lowest BCUT2D eigenvalue weighted by Crippen LogP contribution is -2.31. The van der Waals surface area contributed by atoms with E-state index in [0.29, 0.717) is 5.56 Å². The number of nitrogens with one attached hydrogen (secondary N) is 1. The minimum absolute atomic E-state index is 0.166. The van der Waals surface area contributed by atoms with E-state index in [-0.39, 0.29) is 12.5 Å². The normalized spacial score (nSPS) is 12.0. The second-order valence-corrected chi connectivity index (χ2v) is 5.96. The molecule has 1 amide bonds. The maximum Gasteiger partial charge on any atom is 0.255 e. The molecule has 1 heterocycles. The number of aliphatic hydroxyl groups excluding tert-OH is 1. The van der Waals surface area contributed by atoms with E-state index >= 15 is 0 Å². The van der Waals surface area contributed by atoms with Gasteiger partial charge in [-0.1, -0.05) is 48.5 Å². The van der Waals surface area contributed by atoms with Gasteiger partial charge in [-0.15, -0.1) is 0 Å². The number of nitrogens with zero attached hydrogens (tertiary/aromatic N) is 2. The van der Waals surface area contributed by atoms with Crippen LogP contribution in [0.1, 0.15) is 33.2 Å². The second-order valence-electron chi connectivity index (χ2n) is 5.96. The zero-order chi connectivity index (χ0) is 17.8. The number of benzene rings is 2. The lowest BCUT2D eigenvalue weighted by atomic mass is 10.1. The summed E-state index contributed by atoms with van der Waals surface area (Å²) in [5.41, 5.74) is 4.15. The third-order valence-corrected chi connectivity index (χ3v) is 4.29. The van der Waals surface area contributed by atoms with Crippen molar-refractivity contribution < 1.29 is 9.90 Å². The number of aryl methyl sites for hydroxylation is 1. The Hall–Kier alpha value is -2.92. The fraction of sp³-hybridized carbons (Fsp3) is 0.200. The molecular formula is C20H21N3O2. The van der Waals surface area contributed by atoms with Crippen LogP contribution in [0, 0.1) is 13.8 Å². The number of amides is 1. The first-order valence-corrected chi connectivity index (χ1v) is 8.19. The summed E-state index contributed by atoms with van der Waals surface area (Å²) in [6.45, 7) is 3.71. The number of rotatable bonds is 5. The van der Waals surface area contributed by atoms with Crippen molar-refractivity contribution in [2.45, 2.75) is 19.9 Å². The number of carbonyl (C=O) groups is 1.